The fourth-order valence-corrected chi connectivity index (χ4v) is 4.26. The minimum absolute atomic E-state index is 0.0834. The highest BCUT2D eigenvalue weighted by atomic mass is 35.5. The number of carbonyl (C=O) groups is 1. The molecular weight excluding hydrogens is 373 g/mol. The highest BCUT2D eigenvalue weighted by Crippen LogP contribution is 2.39. The van der Waals surface area contributed by atoms with Gasteiger partial charge in [0.25, 0.3) is 0 Å². The molecule has 138 valence electrons. The average molecular weight is 394 g/mol. The molecule has 3 rings (SSSR count). The van der Waals surface area contributed by atoms with Gasteiger partial charge < -0.3 is 10.1 Å². The SMILES string of the molecule is CC1(C)C[C@@H](NC(=O)CSCc2c(F)cccc2Cl)c2ccccc2O1. The number of hydrogen-bond donors (Lipinski definition) is 1. The van der Waals surface area contributed by atoms with Crippen LogP contribution in [-0.4, -0.2) is 17.3 Å². The van der Waals surface area contributed by atoms with Crippen LogP contribution < -0.4 is 10.1 Å². The highest BCUT2D eigenvalue weighted by molar-refractivity contribution is 7.99. The Morgan fingerprint density at radius 1 is 1.31 bits per heavy atom. The maximum absolute atomic E-state index is 13.8. The van der Waals surface area contributed by atoms with Crippen LogP contribution in [0.4, 0.5) is 4.39 Å². The number of hydrogen-bond acceptors (Lipinski definition) is 3. The van der Waals surface area contributed by atoms with E-state index in [2.05, 4.69) is 5.32 Å². The summed E-state index contributed by atoms with van der Waals surface area (Å²) in [4.78, 5) is 12.4. The molecule has 1 aliphatic heterocycles. The number of benzene rings is 2. The van der Waals surface area contributed by atoms with E-state index in [0.29, 0.717) is 22.8 Å². The molecule has 0 spiro atoms. The van der Waals surface area contributed by atoms with Gasteiger partial charge in [0.2, 0.25) is 5.91 Å². The Bertz CT molecular complexity index is 792. The number of nitrogens with one attached hydrogen (secondary N) is 1. The minimum Gasteiger partial charge on any atom is -0.487 e. The molecule has 1 amide bonds. The number of halogens is 2. The summed E-state index contributed by atoms with van der Waals surface area (Å²) in [5.41, 5.74) is 1.08. The van der Waals surface area contributed by atoms with Gasteiger partial charge in [-0.25, -0.2) is 4.39 Å². The average Bonchev–Trinajstić information content (AvgIpc) is 2.56. The largest absolute Gasteiger partial charge is 0.487 e. The van der Waals surface area contributed by atoms with Gasteiger partial charge in [-0.1, -0.05) is 35.9 Å². The second-order valence-corrected chi connectivity index (χ2v) is 8.31. The van der Waals surface area contributed by atoms with Crippen molar-refractivity contribution in [1.82, 2.24) is 5.32 Å². The maximum Gasteiger partial charge on any atom is 0.230 e. The molecule has 2 aromatic carbocycles. The lowest BCUT2D eigenvalue weighted by Crippen LogP contribution is -2.41. The molecule has 2 aromatic rings. The first-order valence-electron chi connectivity index (χ1n) is 8.44. The first-order valence-corrected chi connectivity index (χ1v) is 9.97. The lowest BCUT2D eigenvalue weighted by atomic mass is 9.90. The smallest absolute Gasteiger partial charge is 0.230 e. The maximum atomic E-state index is 13.8. The lowest BCUT2D eigenvalue weighted by Gasteiger charge is -2.37. The molecule has 6 heteroatoms. The van der Waals surface area contributed by atoms with Gasteiger partial charge >= 0.3 is 0 Å². The van der Waals surface area contributed by atoms with Crippen molar-refractivity contribution in [3.63, 3.8) is 0 Å². The summed E-state index contributed by atoms with van der Waals surface area (Å²) < 4.78 is 19.8. The van der Waals surface area contributed by atoms with Gasteiger partial charge in [-0.05, 0) is 32.0 Å². The minimum atomic E-state index is -0.347. The number of fused-ring (bicyclic) bond motifs is 1. The Morgan fingerprint density at radius 3 is 2.85 bits per heavy atom. The number of rotatable bonds is 5. The predicted octanol–water partition coefficient (Wildman–Crippen LogP) is 5.13. The van der Waals surface area contributed by atoms with Crippen LogP contribution in [0.3, 0.4) is 0 Å². The fraction of sp³-hybridized carbons (Fsp3) is 0.350. The number of ether oxygens (including phenoxy) is 1. The van der Waals surface area contributed by atoms with Crippen LogP contribution in [0, 0.1) is 5.82 Å². The predicted molar refractivity (Wildman–Crippen MR) is 104 cm³/mol. The first-order chi connectivity index (χ1) is 12.4. The zero-order valence-electron chi connectivity index (χ0n) is 14.7. The molecule has 0 aliphatic carbocycles. The molecule has 1 aliphatic rings. The Kier molecular flexibility index (Phi) is 5.78. The van der Waals surface area contributed by atoms with Crippen molar-refractivity contribution in [2.75, 3.05) is 5.75 Å². The summed E-state index contributed by atoms with van der Waals surface area (Å²) in [7, 11) is 0. The highest BCUT2D eigenvalue weighted by Gasteiger charge is 2.34. The second-order valence-electron chi connectivity index (χ2n) is 6.92. The summed E-state index contributed by atoms with van der Waals surface area (Å²) in [6.45, 7) is 4.02. The molecule has 0 radical (unpaired) electrons. The number of para-hydroxylation sites is 1. The van der Waals surface area contributed by atoms with E-state index in [1.54, 1.807) is 12.1 Å². The van der Waals surface area contributed by atoms with Crippen LogP contribution in [0.2, 0.25) is 5.02 Å². The van der Waals surface area contributed by atoms with Gasteiger partial charge in [-0.2, -0.15) is 0 Å². The van der Waals surface area contributed by atoms with Crippen molar-refractivity contribution in [3.8, 4) is 5.75 Å². The molecule has 1 N–H and O–H groups in total. The first kappa shape index (κ1) is 19.1. The van der Waals surface area contributed by atoms with E-state index in [0.717, 1.165) is 11.3 Å². The molecular formula is C20H21ClFNO2S. The van der Waals surface area contributed by atoms with Crippen molar-refractivity contribution >= 4 is 29.3 Å². The molecule has 3 nitrogen and oxygen atoms in total. The zero-order chi connectivity index (χ0) is 18.7. The van der Waals surface area contributed by atoms with E-state index in [-0.39, 0.29) is 29.1 Å². The molecule has 0 unspecified atom stereocenters. The van der Waals surface area contributed by atoms with Crippen LogP contribution in [-0.2, 0) is 10.5 Å². The Labute approximate surface area is 162 Å². The Morgan fingerprint density at radius 2 is 2.08 bits per heavy atom. The van der Waals surface area contributed by atoms with Gasteiger partial charge in [-0.3, -0.25) is 4.79 Å². The number of amides is 1. The van der Waals surface area contributed by atoms with Crippen LogP contribution in [0.5, 0.6) is 5.75 Å². The molecule has 0 saturated heterocycles. The van der Waals surface area contributed by atoms with E-state index in [9.17, 15) is 9.18 Å². The van der Waals surface area contributed by atoms with Crippen molar-refractivity contribution in [1.29, 1.82) is 0 Å². The summed E-state index contributed by atoms with van der Waals surface area (Å²) >= 11 is 7.37. The quantitative estimate of drug-likeness (QED) is 0.765. The van der Waals surface area contributed by atoms with Gasteiger partial charge in [0.05, 0.1) is 11.8 Å². The topological polar surface area (TPSA) is 38.3 Å². The standard InChI is InChI=1S/C20H21ClFNO2S/c1-20(2)10-17(13-6-3-4-9-18(13)25-20)23-19(24)12-26-11-14-15(21)7-5-8-16(14)22/h3-9,17H,10-12H2,1-2H3,(H,23,24)/t17-/m1/s1. The molecule has 0 fully saturated rings. The van der Waals surface area contributed by atoms with Gasteiger partial charge in [0.1, 0.15) is 17.2 Å². The Hall–Kier alpha value is -1.72. The van der Waals surface area contributed by atoms with Crippen LogP contribution in [0.15, 0.2) is 42.5 Å². The third kappa shape index (κ3) is 4.51. The van der Waals surface area contributed by atoms with Crippen LogP contribution in [0.25, 0.3) is 0 Å². The molecule has 1 heterocycles. The van der Waals surface area contributed by atoms with Crippen LogP contribution in [0.1, 0.15) is 37.4 Å². The molecule has 0 bridgehead atoms. The van der Waals surface area contributed by atoms with Crippen molar-refractivity contribution in [2.45, 2.75) is 37.7 Å². The summed E-state index contributed by atoms with van der Waals surface area (Å²) in [6.07, 6.45) is 0.694. The van der Waals surface area contributed by atoms with Gasteiger partial charge in [-0.15, -0.1) is 11.8 Å². The number of thioether (sulfide) groups is 1. The summed E-state index contributed by atoms with van der Waals surface area (Å²) in [5.74, 6) is 0.977. The third-order valence-electron chi connectivity index (χ3n) is 4.25. The molecule has 26 heavy (non-hydrogen) atoms. The summed E-state index contributed by atoms with van der Waals surface area (Å²) in [5, 5.41) is 3.47. The van der Waals surface area contributed by atoms with E-state index >= 15 is 0 Å². The van der Waals surface area contributed by atoms with E-state index in [1.807, 2.05) is 38.1 Å². The summed E-state index contributed by atoms with van der Waals surface area (Å²) in [6, 6.07) is 12.3. The second kappa shape index (κ2) is 7.89. The van der Waals surface area contributed by atoms with Crippen molar-refractivity contribution in [3.05, 3.63) is 64.4 Å². The van der Waals surface area contributed by atoms with E-state index in [1.165, 1.54) is 17.8 Å². The lowest BCUT2D eigenvalue weighted by molar-refractivity contribution is -0.119. The third-order valence-corrected chi connectivity index (χ3v) is 5.57. The van der Waals surface area contributed by atoms with Gasteiger partial charge in [0.15, 0.2) is 0 Å². The van der Waals surface area contributed by atoms with E-state index < -0.39 is 0 Å². The van der Waals surface area contributed by atoms with Crippen molar-refractivity contribution < 1.29 is 13.9 Å². The van der Waals surface area contributed by atoms with Crippen LogP contribution >= 0.6 is 23.4 Å². The van der Waals surface area contributed by atoms with Crippen molar-refractivity contribution in [2.24, 2.45) is 0 Å². The molecule has 0 saturated carbocycles. The zero-order valence-corrected chi connectivity index (χ0v) is 16.3. The van der Waals surface area contributed by atoms with Gasteiger partial charge in [0, 0.05) is 28.3 Å². The molecule has 0 aromatic heterocycles. The Balaban J connectivity index is 1.60. The number of carbonyl (C=O) groups excluding carboxylic acids is 1. The van der Waals surface area contributed by atoms with E-state index in [4.69, 9.17) is 16.3 Å². The monoisotopic (exact) mass is 393 g/mol. The molecule has 1 atom stereocenters. The fourth-order valence-electron chi connectivity index (χ4n) is 3.08. The normalized spacial score (nSPS) is 17.9.